The molecule has 0 amide bonds. The number of nitrogens with one attached hydrogen (secondary N) is 1. The molecule has 1 aromatic heterocycles. The van der Waals surface area contributed by atoms with Crippen molar-refractivity contribution in [3.05, 3.63) is 46.2 Å². The molecule has 106 valence electrons. The summed E-state index contributed by atoms with van der Waals surface area (Å²) in [7, 11) is 4.17. The summed E-state index contributed by atoms with van der Waals surface area (Å²) in [5.41, 5.74) is 3.84. The van der Waals surface area contributed by atoms with E-state index in [1.807, 2.05) is 11.3 Å². The predicted octanol–water partition coefficient (Wildman–Crippen LogP) is 4.69. The molecule has 2 nitrogen and oxygen atoms in total. The summed E-state index contributed by atoms with van der Waals surface area (Å²) in [5, 5.41) is 5.94. The summed E-state index contributed by atoms with van der Waals surface area (Å²) in [5.74, 6) is 0.807. The van der Waals surface area contributed by atoms with Crippen LogP contribution < -0.4 is 10.2 Å². The normalized spacial score (nSPS) is 15.9. The Hall–Kier alpha value is -1.48. The van der Waals surface area contributed by atoms with Gasteiger partial charge in [-0.3, -0.25) is 0 Å². The summed E-state index contributed by atoms with van der Waals surface area (Å²) in [6.45, 7) is 2.19. The Balaban J connectivity index is 1.82. The van der Waals surface area contributed by atoms with Gasteiger partial charge in [-0.1, -0.05) is 6.07 Å². The zero-order chi connectivity index (χ0) is 14.1. The SMILES string of the molecule is Cc1cc(N(C)C)ccc1NC(c1cccs1)C1CC1. The van der Waals surface area contributed by atoms with E-state index >= 15 is 0 Å². The van der Waals surface area contributed by atoms with Crippen molar-refractivity contribution in [3.8, 4) is 0 Å². The average molecular weight is 286 g/mol. The van der Waals surface area contributed by atoms with E-state index in [1.165, 1.54) is 34.7 Å². The van der Waals surface area contributed by atoms with Crippen LogP contribution in [0.2, 0.25) is 0 Å². The Morgan fingerprint density at radius 2 is 2.05 bits per heavy atom. The number of benzene rings is 1. The molecule has 20 heavy (non-hydrogen) atoms. The molecule has 0 saturated heterocycles. The van der Waals surface area contributed by atoms with Gasteiger partial charge in [-0.15, -0.1) is 11.3 Å². The molecule has 0 radical (unpaired) electrons. The van der Waals surface area contributed by atoms with Crippen LogP contribution in [0.1, 0.15) is 29.3 Å². The lowest BCUT2D eigenvalue weighted by Gasteiger charge is -2.21. The molecule has 1 fully saturated rings. The summed E-state index contributed by atoms with van der Waals surface area (Å²) >= 11 is 1.86. The lowest BCUT2D eigenvalue weighted by molar-refractivity contribution is 0.690. The Morgan fingerprint density at radius 1 is 1.25 bits per heavy atom. The Labute approximate surface area is 125 Å². The molecule has 0 spiro atoms. The third-order valence-corrected chi connectivity index (χ3v) is 4.94. The molecule has 1 atom stereocenters. The van der Waals surface area contributed by atoms with Crippen LogP contribution in [-0.4, -0.2) is 14.1 Å². The van der Waals surface area contributed by atoms with E-state index in [0.29, 0.717) is 6.04 Å². The van der Waals surface area contributed by atoms with Crippen LogP contribution in [0.15, 0.2) is 35.7 Å². The number of nitrogens with zero attached hydrogens (tertiary/aromatic N) is 1. The first-order chi connectivity index (χ1) is 9.65. The fourth-order valence-corrected chi connectivity index (χ4v) is 3.44. The van der Waals surface area contributed by atoms with Crippen LogP contribution in [0.3, 0.4) is 0 Å². The van der Waals surface area contributed by atoms with Gasteiger partial charge in [0.2, 0.25) is 0 Å². The predicted molar refractivity (Wildman–Crippen MR) is 88.9 cm³/mol. The molecule has 0 aliphatic heterocycles. The van der Waals surface area contributed by atoms with Crippen LogP contribution >= 0.6 is 11.3 Å². The standard InChI is InChI=1S/C17H22N2S/c1-12-11-14(19(2)3)8-9-15(12)18-17(13-6-7-13)16-5-4-10-20-16/h4-5,8-11,13,17-18H,6-7H2,1-3H3. The molecule has 3 rings (SSSR count). The summed E-state index contributed by atoms with van der Waals surface area (Å²) in [4.78, 5) is 3.61. The maximum atomic E-state index is 3.77. The van der Waals surface area contributed by atoms with E-state index in [2.05, 4.69) is 66.9 Å². The molecule has 2 aromatic rings. The van der Waals surface area contributed by atoms with Crippen molar-refractivity contribution in [1.82, 2.24) is 0 Å². The fraction of sp³-hybridized carbons (Fsp3) is 0.412. The maximum Gasteiger partial charge on any atom is 0.0634 e. The highest BCUT2D eigenvalue weighted by Crippen LogP contribution is 2.44. The first-order valence-electron chi connectivity index (χ1n) is 7.23. The van der Waals surface area contributed by atoms with Gasteiger partial charge >= 0.3 is 0 Å². The summed E-state index contributed by atoms with van der Waals surface area (Å²) in [6, 6.07) is 11.5. The number of aryl methyl sites for hydroxylation is 1. The van der Waals surface area contributed by atoms with Crippen molar-refractivity contribution in [1.29, 1.82) is 0 Å². The van der Waals surface area contributed by atoms with E-state index in [9.17, 15) is 0 Å². The van der Waals surface area contributed by atoms with Gasteiger partial charge in [0.05, 0.1) is 6.04 Å². The van der Waals surface area contributed by atoms with Gasteiger partial charge in [0.15, 0.2) is 0 Å². The average Bonchev–Trinajstić information content (AvgIpc) is 3.11. The topological polar surface area (TPSA) is 15.3 Å². The van der Waals surface area contributed by atoms with Crippen molar-refractivity contribution in [2.75, 3.05) is 24.3 Å². The molecule has 3 heteroatoms. The Kier molecular flexibility index (Phi) is 3.70. The number of hydrogen-bond donors (Lipinski definition) is 1. The highest BCUT2D eigenvalue weighted by Gasteiger charge is 2.33. The number of thiophene rings is 1. The van der Waals surface area contributed by atoms with Gasteiger partial charge in [-0.25, -0.2) is 0 Å². The highest BCUT2D eigenvalue weighted by atomic mass is 32.1. The zero-order valence-corrected chi connectivity index (χ0v) is 13.2. The van der Waals surface area contributed by atoms with Crippen LogP contribution in [-0.2, 0) is 0 Å². The van der Waals surface area contributed by atoms with Crippen LogP contribution in [0, 0.1) is 12.8 Å². The second-order valence-corrected chi connectivity index (χ2v) is 6.85. The molecule has 0 bridgehead atoms. The van der Waals surface area contributed by atoms with Crippen LogP contribution in [0.4, 0.5) is 11.4 Å². The minimum Gasteiger partial charge on any atom is -0.378 e. The van der Waals surface area contributed by atoms with Gasteiger partial charge in [0.1, 0.15) is 0 Å². The van der Waals surface area contributed by atoms with E-state index in [1.54, 1.807) is 0 Å². The highest BCUT2D eigenvalue weighted by molar-refractivity contribution is 7.10. The van der Waals surface area contributed by atoms with Gasteiger partial charge < -0.3 is 10.2 Å². The Morgan fingerprint density at radius 3 is 2.60 bits per heavy atom. The maximum absolute atomic E-state index is 3.77. The van der Waals surface area contributed by atoms with Gasteiger partial charge in [0.25, 0.3) is 0 Å². The molecule has 1 aliphatic rings. The van der Waals surface area contributed by atoms with Gasteiger partial charge in [-0.2, -0.15) is 0 Å². The summed E-state index contributed by atoms with van der Waals surface area (Å²) < 4.78 is 0. The second-order valence-electron chi connectivity index (χ2n) is 5.87. The molecule has 1 N–H and O–H groups in total. The molecule has 1 heterocycles. The number of hydrogen-bond acceptors (Lipinski definition) is 3. The van der Waals surface area contributed by atoms with Crippen molar-refractivity contribution < 1.29 is 0 Å². The first-order valence-corrected chi connectivity index (χ1v) is 8.11. The Bertz CT molecular complexity index is 571. The summed E-state index contributed by atoms with van der Waals surface area (Å²) in [6.07, 6.45) is 2.70. The first kappa shape index (κ1) is 13.5. The molecule has 1 aromatic carbocycles. The lowest BCUT2D eigenvalue weighted by Crippen LogP contribution is -2.13. The van der Waals surface area contributed by atoms with Crippen molar-refractivity contribution in [2.24, 2.45) is 5.92 Å². The number of anilines is 2. The van der Waals surface area contributed by atoms with E-state index in [-0.39, 0.29) is 0 Å². The molecule has 1 unspecified atom stereocenters. The van der Waals surface area contributed by atoms with Crippen molar-refractivity contribution in [2.45, 2.75) is 25.8 Å². The zero-order valence-electron chi connectivity index (χ0n) is 12.4. The lowest BCUT2D eigenvalue weighted by atomic mass is 10.1. The third kappa shape index (κ3) is 2.83. The quantitative estimate of drug-likeness (QED) is 0.858. The minimum atomic E-state index is 0.485. The van der Waals surface area contributed by atoms with Gasteiger partial charge in [-0.05, 0) is 60.9 Å². The van der Waals surface area contributed by atoms with E-state index < -0.39 is 0 Å². The fourth-order valence-electron chi connectivity index (χ4n) is 2.57. The smallest absolute Gasteiger partial charge is 0.0634 e. The van der Waals surface area contributed by atoms with Crippen LogP contribution in [0.25, 0.3) is 0 Å². The molecular weight excluding hydrogens is 264 g/mol. The molecular formula is C17H22N2S. The second kappa shape index (κ2) is 5.49. The molecule has 1 aliphatic carbocycles. The third-order valence-electron chi connectivity index (χ3n) is 3.98. The number of rotatable bonds is 5. The van der Waals surface area contributed by atoms with Crippen LogP contribution in [0.5, 0.6) is 0 Å². The largest absolute Gasteiger partial charge is 0.378 e. The van der Waals surface area contributed by atoms with Crippen molar-refractivity contribution >= 4 is 22.7 Å². The van der Waals surface area contributed by atoms with Crippen molar-refractivity contribution in [3.63, 3.8) is 0 Å². The minimum absolute atomic E-state index is 0.485. The van der Waals surface area contributed by atoms with E-state index in [0.717, 1.165) is 5.92 Å². The van der Waals surface area contributed by atoms with E-state index in [4.69, 9.17) is 0 Å². The monoisotopic (exact) mass is 286 g/mol. The van der Waals surface area contributed by atoms with Gasteiger partial charge in [0, 0.05) is 30.3 Å². The molecule has 1 saturated carbocycles.